The Kier molecular flexibility index (Phi) is 11.5. The van der Waals surface area contributed by atoms with Gasteiger partial charge in [0.05, 0.1) is 12.5 Å². The maximum absolute atomic E-state index is 12.5. The number of rotatable bonds is 13. The Bertz CT molecular complexity index is 1210. The zero-order chi connectivity index (χ0) is 32.0. The van der Waals surface area contributed by atoms with Crippen LogP contribution >= 0.6 is 0 Å². The van der Waals surface area contributed by atoms with Crippen molar-refractivity contribution < 1.29 is 34.4 Å². The number of carboxylic acids is 1. The van der Waals surface area contributed by atoms with Crippen LogP contribution < -0.4 is 0 Å². The molecule has 3 rings (SSSR count). The van der Waals surface area contributed by atoms with Crippen molar-refractivity contribution in [1.82, 2.24) is 25.1 Å². The molecule has 1 fully saturated rings. The summed E-state index contributed by atoms with van der Waals surface area (Å²) in [6.07, 6.45) is -0.0926. The summed E-state index contributed by atoms with van der Waals surface area (Å²) in [5.74, 6) is -1.67. The molecule has 3 N–H and O–H groups in total. The Morgan fingerprint density at radius 3 is 2.42 bits per heavy atom. The predicted molar refractivity (Wildman–Crippen MR) is 163 cm³/mol. The fourth-order valence-electron chi connectivity index (χ4n) is 5.26. The third-order valence-corrected chi connectivity index (χ3v) is 9.48. The number of amides is 1. The van der Waals surface area contributed by atoms with E-state index in [2.05, 4.69) is 35.2 Å². The fourth-order valence-corrected chi connectivity index (χ4v) is 6.01. The summed E-state index contributed by atoms with van der Waals surface area (Å²) in [6, 6.07) is 8.15. The highest BCUT2D eigenvalue weighted by Crippen LogP contribution is 2.35. The van der Waals surface area contributed by atoms with Crippen molar-refractivity contribution in [1.29, 1.82) is 0 Å². The molecule has 2 heterocycles. The molecule has 0 radical (unpaired) electrons. The molecule has 1 aliphatic heterocycles. The molecule has 1 aromatic carbocycles. The van der Waals surface area contributed by atoms with E-state index in [1.54, 1.807) is 37.6 Å². The van der Waals surface area contributed by atoms with Crippen LogP contribution in [0.15, 0.2) is 24.3 Å². The minimum absolute atomic E-state index is 0.0603. The molecule has 240 valence electrons. The number of carbonyl (C=O) groups excluding carboxylic acids is 1. The van der Waals surface area contributed by atoms with Crippen molar-refractivity contribution in [2.75, 3.05) is 19.7 Å². The minimum atomic E-state index is -1.54. The first kappa shape index (κ1) is 34.6. The predicted octanol–water partition coefficient (Wildman–Crippen LogP) is 4.00. The highest BCUT2D eigenvalue weighted by atomic mass is 28.3. The normalized spacial score (nSPS) is 21.0. The van der Waals surface area contributed by atoms with E-state index >= 15 is 0 Å². The molecule has 0 aliphatic carbocycles. The van der Waals surface area contributed by atoms with E-state index in [9.17, 15) is 24.9 Å². The lowest BCUT2D eigenvalue weighted by molar-refractivity contribution is -0.143. The molecule has 1 aromatic heterocycles. The van der Waals surface area contributed by atoms with E-state index in [1.165, 1.54) is 4.90 Å². The van der Waals surface area contributed by atoms with Gasteiger partial charge in [-0.3, -0.25) is 4.79 Å². The molecule has 13 heteroatoms. The number of hydrogen-bond donors (Lipinski definition) is 3. The average molecular weight is 620 g/mol. The van der Waals surface area contributed by atoms with Gasteiger partial charge in [-0.05, 0) is 61.2 Å². The molecular weight excluding hydrogens is 570 g/mol. The maximum Gasteiger partial charge on any atom is 0.410 e. The molecule has 12 nitrogen and oxygen atoms in total. The number of hydrogen-bond acceptors (Lipinski definition) is 9. The van der Waals surface area contributed by atoms with Crippen LogP contribution in [0, 0.1) is 5.92 Å². The number of aliphatic hydroxyl groups is 2. The monoisotopic (exact) mass is 619 g/mol. The largest absolute Gasteiger partial charge is 0.481 e. The second-order valence-electron chi connectivity index (χ2n) is 13.7. The number of likely N-dealkylation sites (tertiary alicyclic amines) is 1. The molecule has 43 heavy (non-hydrogen) atoms. The zero-order valence-corrected chi connectivity index (χ0v) is 27.6. The molecule has 1 aliphatic rings. The van der Waals surface area contributed by atoms with Gasteiger partial charge < -0.3 is 29.7 Å². The number of nitrogens with zero attached hydrogens (tertiary/aromatic N) is 5. The summed E-state index contributed by atoms with van der Waals surface area (Å²) in [5, 5.41) is 44.7. The van der Waals surface area contributed by atoms with Crippen LogP contribution in [0.1, 0.15) is 69.8 Å². The van der Waals surface area contributed by atoms with Gasteiger partial charge in [-0.1, -0.05) is 57.3 Å². The summed E-state index contributed by atoms with van der Waals surface area (Å²) in [6.45, 7) is 15.0. The van der Waals surface area contributed by atoms with Gasteiger partial charge in [-0.25, -0.2) is 9.48 Å². The van der Waals surface area contributed by atoms with E-state index in [-0.39, 0.29) is 26.2 Å². The average Bonchev–Trinajstić information content (AvgIpc) is 3.37. The standard InChI is InChI=1S/C30H49N5O7Si/c1-8-9-23(27(37)38)24(26-31-32-33-35(26)20-41-16-17-43(5,6)7)18-21-10-12-22(13-11-21)30(40)14-15-34(19-25(30)36)28(39)42-29(2,3)4/h10-13,23-25,36,40H,8-9,14-20H2,1-7H3,(H,37,38)/t23-,24-,25-,30-/m0/s1. The van der Waals surface area contributed by atoms with Crippen LogP contribution in [-0.2, 0) is 33.0 Å². The van der Waals surface area contributed by atoms with Crippen molar-refractivity contribution >= 4 is 20.1 Å². The van der Waals surface area contributed by atoms with Crippen LogP contribution in [0.5, 0.6) is 0 Å². The van der Waals surface area contributed by atoms with E-state index in [4.69, 9.17) is 9.47 Å². The number of aromatic nitrogens is 4. The first-order valence-electron chi connectivity index (χ1n) is 15.1. The van der Waals surface area contributed by atoms with Gasteiger partial charge in [0.1, 0.15) is 24.0 Å². The lowest BCUT2D eigenvalue weighted by Crippen LogP contribution is -2.55. The zero-order valence-electron chi connectivity index (χ0n) is 26.6. The number of aliphatic hydroxyl groups excluding tert-OH is 1. The molecule has 0 bridgehead atoms. The van der Waals surface area contributed by atoms with Crippen LogP contribution in [0.25, 0.3) is 0 Å². The van der Waals surface area contributed by atoms with Gasteiger partial charge in [-0.15, -0.1) is 5.10 Å². The van der Waals surface area contributed by atoms with Crippen molar-refractivity contribution in [3.8, 4) is 0 Å². The number of β-amino-alcohol motifs (C(OH)–C–C–N with tert-alkyl or cyclic N) is 1. The number of ether oxygens (including phenoxy) is 2. The smallest absolute Gasteiger partial charge is 0.410 e. The summed E-state index contributed by atoms with van der Waals surface area (Å²) >= 11 is 0. The Balaban J connectivity index is 1.78. The van der Waals surface area contributed by atoms with Crippen LogP contribution in [-0.4, -0.2) is 92.0 Å². The van der Waals surface area contributed by atoms with E-state index in [0.29, 0.717) is 37.3 Å². The van der Waals surface area contributed by atoms with Crippen molar-refractivity contribution in [3.05, 3.63) is 41.2 Å². The third kappa shape index (κ3) is 9.56. The van der Waals surface area contributed by atoms with Gasteiger partial charge in [-0.2, -0.15) is 0 Å². The SMILES string of the molecule is CCC[C@H](C(=O)O)[C@H](Cc1ccc([C@@]2(O)CCN(C(=O)OC(C)(C)C)C[C@@H]2O)cc1)c1nnnn1COCC[Si](C)(C)C. The number of benzene rings is 1. The number of carboxylic acid groups (broad SMARTS) is 1. The fraction of sp³-hybridized carbons (Fsp3) is 0.700. The number of piperidine rings is 1. The molecule has 0 unspecified atom stereocenters. The number of aliphatic carboxylic acids is 1. The Morgan fingerprint density at radius 1 is 1.19 bits per heavy atom. The lowest BCUT2D eigenvalue weighted by atomic mass is 9.80. The molecule has 1 saturated heterocycles. The molecule has 1 amide bonds. The highest BCUT2D eigenvalue weighted by Gasteiger charge is 2.44. The summed E-state index contributed by atoms with van der Waals surface area (Å²) in [5.41, 5.74) is -0.841. The minimum Gasteiger partial charge on any atom is -0.481 e. The van der Waals surface area contributed by atoms with Crippen molar-refractivity contribution in [2.24, 2.45) is 5.92 Å². The number of tetrazole rings is 1. The maximum atomic E-state index is 12.5. The van der Waals surface area contributed by atoms with Gasteiger partial charge in [0.15, 0.2) is 5.82 Å². The first-order valence-corrected chi connectivity index (χ1v) is 18.8. The summed E-state index contributed by atoms with van der Waals surface area (Å²) < 4.78 is 12.8. The van der Waals surface area contributed by atoms with E-state index in [1.807, 2.05) is 19.1 Å². The second-order valence-corrected chi connectivity index (χ2v) is 19.4. The third-order valence-electron chi connectivity index (χ3n) is 7.77. The van der Waals surface area contributed by atoms with Crippen molar-refractivity contribution in [3.63, 3.8) is 0 Å². The second kappa shape index (κ2) is 14.3. The first-order chi connectivity index (χ1) is 20.0. The van der Waals surface area contributed by atoms with Gasteiger partial charge in [0, 0.05) is 33.6 Å². The van der Waals surface area contributed by atoms with Gasteiger partial charge in [0.25, 0.3) is 0 Å². The topological polar surface area (TPSA) is 160 Å². The quantitative estimate of drug-likeness (QED) is 0.221. The van der Waals surface area contributed by atoms with Crippen LogP contribution in [0.4, 0.5) is 4.79 Å². The Morgan fingerprint density at radius 2 is 1.86 bits per heavy atom. The van der Waals surface area contributed by atoms with Gasteiger partial charge >= 0.3 is 12.1 Å². The highest BCUT2D eigenvalue weighted by molar-refractivity contribution is 6.76. The van der Waals surface area contributed by atoms with E-state index < -0.39 is 49.3 Å². The molecule has 2 aromatic rings. The van der Waals surface area contributed by atoms with E-state index in [0.717, 1.165) is 11.6 Å². The molecular formula is C30H49N5O7Si. The lowest BCUT2D eigenvalue weighted by Gasteiger charge is -2.42. The molecule has 4 atom stereocenters. The van der Waals surface area contributed by atoms with Gasteiger partial charge in [0.2, 0.25) is 0 Å². The molecule has 0 spiro atoms. The summed E-state index contributed by atoms with van der Waals surface area (Å²) in [4.78, 5) is 26.3. The Hall–Kier alpha value is -2.87. The van der Waals surface area contributed by atoms with Crippen molar-refractivity contribution in [2.45, 2.75) is 109 Å². The summed E-state index contributed by atoms with van der Waals surface area (Å²) in [7, 11) is -1.27. The van der Waals surface area contributed by atoms with Crippen LogP contribution in [0.3, 0.4) is 0 Å². The van der Waals surface area contributed by atoms with Crippen LogP contribution in [0.2, 0.25) is 25.7 Å². The Labute approximate surface area is 255 Å². The number of carbonyl (C=O) groups is 2. The molecule has 0 saturated carbocycles.